The van der Waals surface area contributed by atoms with Crippen LogP contribution in [0.15, 0.2) is 18.2 Å². The molecule has 7 heteroatoms. The summed E-state index contributed by atoms with van der Waals surface area (Å²) in [5.41, 5.74) is 4.70. The predicted octanol–water partition coefficient (Wildman–Crippen LogP) is 2.82. The maximum absolute atomic E-state index is 12.6. The van der Waals surface area contributed by atoms with Crippen molar-refractivity contribution >= 4 is 12.4 Å². The van der Waals surface area contributed by atoms with Crippen molar-refractivity contribution < 1.29 is 22.0 Å². The van der Waals surface area contributed by atoms with Gasteiger partial charge in [0.2, 0.25) is 0 Å². The normalized spacial score (nSPS) is 13.1. The van der Waals surface area contributed by atoms with Crippen LogP contribution in [-0.4, -0.2) is 12.2 Å². The summed E-state index contributed by atoms with van der Waals surface area (Å²) in [4.78, 5) is 0. The third kappa shape index (κ3) is 4.32. The molecule has 2 N–H and O–H groups in total. The Morgan fingerprint density at radius 2 is 1.50 bits per heavy atom. The fourth-order valence-corrected chi connectivity index (χ4v) is 1.10. The fraction of sp³-hybridized carbons (Fsp3) is 0.333. The van der Waals surface area contributed by atoms with Crippen LogP contribution in [0.3, 0.4) is 0 Å². The van der Waals surface area contributed by atoms with Crippen molar-refractivity contribution in [2.75, 3.05) is 0 Å². The Morgan fingerprint density at radius 1 is 1.06 bits per heavy atom. The van der Waals surface area contributed by atoms with E-state index in [0.29, 0.717) is 6.07 Å². The number of hydrogen-bond acceptors (Lipinski definition) is 1. The number of rotatable bonds is 2. The van der Waals surface area contributed by atoms with Gasteiger partial charge in [-0.3, -0.25) is 0 Å². The van der Waals surface area contributed by atoms with E-state index in [9.17, 15) is 22.0 Å². The monoisotopic (exact) mass is 261 g/mol. The number of halogens is 6. The van der Waals surface area contributed by atoms with E-state index < -0.39 is 30.3 Å². The first-order valence-corrected chi connectivity index (χ1v) is 4.06. The molecule has 16 heavy (non-hydrogen) atoms. The summed E-state index contributed by atoms with van der Waals surface area (Å²) in [5, 5.41) is 0. The van der Waals surface area contributed by atoms with E-state index >= 15 is 0 Å². The Labute approximate surface area is 94.8 Å². The van der Waals surface area contributed by atoms with Crippen molar-refractivity contribution in [3.05, 3.63) is 35.4 Å². The molecule has 92 valence electrons. The molecule has 1 unspecified atom stereocenters. The van der Waals surface area contributed by atoms with Gasteiger partial charge in [-0.15, -0.1) is 12.4 Å². The summed E-state index contributed by atoms with van der Waals surface area (Å²) < 4.78 is 61.3. The summed E-state index contributed by atoms with van der Waals surface area (Å²) in [6.45, 7) is 0. The Kier molecular flexibility index (Phi) is 5.15. The Balaban J connectivity index is 0.00000225. The minimum absolute atomic E-state index is 0. The summed E-state index contributed by atoms with van der Waals surface area (Å²) in [6.07, 6.45) is -5.21. The van der Waals surface area contributed by atoms with Gasteiger partial charge < -0.3 is 5.73 Å². The van der Waals surface area contributed by atoms with Gasteiger partial charge >= 0.3 is 6.18 Å². The molecule has 1 rings (SSSR count). The second-order valence-electron chi connectivity index (χ2n) is 3.13. The smallest absolute Gasteiger partial charge is 0.320 e. The lowest BCUT2D eigenvalue weighted by molar-refractivity contribution is -0.147. The van der Waals surface area contributed by atoms with Gasteiger partial charge in [-0.25, -0.2) is 8.78 Å². The average Bonchev–Trinajstić information content (AvgIpc) is 1.99. The fourth-order valence-electron chi connectivity index (χ4n) is 1.10. The summed E-state index contributed by atoms with van der Waals surface area (Å²) in [6, 6.07) is 0.130. The van der Waals surface area contributed by atoms with Crippen molar-refractivity contribution in [2.24, 2.45) is 5.73 Å². The van der Waals surface area contributed by atoms with Crippen molar-refractivity contribution in [1.82, 2.24) is 0 Å². The van der Waals surface area contributed by atoms with Gasteiger partial charge in [-0.05, 0) is 24.1 Å². The van der Waals surface area contributed by atoms with Crippen LogP contribution in [0.4, 0.5) is 22.0 Å². The molecular weight excluding hydrogens is 253 g/mol. The van der Waals surface area contributed by atoms with Crippen LogP contribution in [0, 0.1) is 11.6 Å². The third-order valence-electron chi connectivity index (χ3n) is 1.80. The molecule has 0 amide bonds. The second kappa shape index (κ2) is 5.45. The lowest BCUT2D eigenvalue weighted by atomic mass is 10.1. The molecule has 1 aromatic rings. The molecule has 0 spiro atoms. The van der Waals surface area contributed by atoms with E-state index in [-0.39, 0.29) is 18.0 Å². The third-order valence-corrected chi connectivity index (χ3v) is 1.80. The zero-order valence-electron chi connectivity index (χ0n) is 7.89. The Hall–Kier alpha value is -0.880. The van der Waals surface area contributed by atoms with Gasteiger partial charge in [0.15, 0.2) is 0 Å². The van der Waals surface area contributed by atoms with E-state index in [2.05, 4.69) is 0 Å². The van der Waals surface area contributed by atoms with Crippen LogP contribution >= 0.6 is 12.4 Å². The van der Waals surface area contributed by atoms with Crippen molar-refractivity contribution in [3.8, 4) is 0 Å². The SMILES string of the molecule is Cl.NC(Cc1cc(F)cc(F)c1)C(F)(F)F. The molecule has 0 bridgehead atoms. The Morgan fingerprint density at radius 3 is 1.88 bits per heavy atom. The van der Waals surface area contributed by atoms with Crippen molar-refractivity contribution in [2.45, 2.75) is 18.6 Å². The molecule has 1 nitrogen and oxygen atoms in total. The molecule has 0 aliphatic carbocycles. The van der Waals surface area contributed by atoms with E-state index in [1.807, 2.05) is 0 Å². The van der Waals surface area contributed by atoms with Crippen LogP contribution in [0.1, 0.15) is 5.56 Å². The van der Waals surface area contributed by atoms with E-state index in [4.69, 9.17) is 5.73 Å². The van der Waals surface area contributed by atoms with E-state index in [0.717, 1.165) is 12.1 Å². The van der Waals surface area contributed by atoms with Crippen LogP contribution in [0.25, 0.3) is 0 Å². The van der Waals surface area contributed by atoms with E-state index in [1.165, 1.54) is 0 Å². The molecule has 0 aliphatic heterocycles. The number of benzene rings is 1. The van der Waals surface area contributed by atoms with Crippen LogP contribution < -0.4 is 5.73 Å². The number of nitrogens with two attached hydrogens (primary N) is 1. The van der Waals surface area contributed by atoms with E-state index in [1.54, 1.807) is 0 Å². The molecule has 0 heterocycles. The zero-order chi connectivity index (χ0) is 11.6. The molecule has 0 radical (unpaired) electrons. The highest BCUT2D eigenvalue weighted by atomic mass is 35.5. The highest BCUT2D eigenvalue weighted by Gasteiger charge is 2.36. The number of alkyl halides is 3. The van der Waals surface area contributed by atoms with Gasteiger partial charge in [0.05, 0.1) is 0 Å². The first kappa shape index (κ1) is 15.1. The molecular formula is C9H9ClF5N. The lowest BCUT2D eigenvalue weighted by Crippen LogP contribution is -2.39. The zero-order valence-corrected chi connectivity index (χ0v) is 8.71. The molecule has 0 fully saturated rings. The van der Waals surface area contributed by atoms with Gasteiger partial charge in [-0.1, -0.05) is 0 Å². The van der Waals surface area contributed by atoms with Crippen LogP contribution in [0.2, 0.25) is 0 Å². The maximum Gasteiger partial charge on any atom is 0.403 e. The minimum Gasteiger partial charge on any atom is -0.320 e. The van der Waals surface area contributed by atoms with Gasteiger partial charge in [0, 0.05) is 6.07 Å². The highest BCUT2D eigenvalue weighted by molar-refractivity contribution is 5.85. The van der Waals surface area contributed by atoms with Gasteiger partial charge in [0.1, 0.15) is 17.7 Å². The predicted molar refractivity (Wildman–Crippen MR) is 51.3 cm³/mol. The number of hydrogen-bond donors (Lipinski definition) is 1. The molecule has 0 saturated heterocycles. The molecule has 1 aromatic carbocycles. The van der Waals surface area contributed by atoms with Gasteiger partial charge in [-0.2, -0.15) is 13.2 Å². The van der Waals surface area contributed by atoms with Gasteiger partial charge in [0.25, 0.3) is 0 Å². The molecule has 0 aliphatic rings. The molecule has 0 saturated carbocycles. The van der Waals surface area contributed by atoms with Crippen LogP contribution in [-0.2, 0) is 6.42 Å². The Bertz CT molecular complexity index is 332. The average molecular weight is 262 g/mol. The van der Waals surface area contributed by atoms with Crippen molar-refractivity contribution in [3.63, 3.8) is 0 Å². The highest BCUT2D eigenvalue weighted by Crippen LogP contribution is 2.22. The first-order chi connectivity index (χ1) is 6.79. The first-order valence-electron chi connectivity index (χ1n) is 4.06. The molecule has 1 atom stereocenters. The molecule has 0 aromatic heterocycles. The topological polar surface area (TPSA) is 26.0 Å². The standard InChI is InChI=1S/C9H8F5N.ClH/c10-6-1-5(2-7(11)4-6)3-8(15)9(12,13)14;/h1-2,4,8H,3,15H2;1H. The summed E-state index contributed by atoms with van der Waals surface area (Å²) >= 11 is 0. The largest absolute Gasteiger partial charge is 0.403 e. The van der Waals surface area contributed by atoms with Crippen molar-refractivity contribution in [1.29, 1.82) is 0 Å². The quantitative estimate of drug-likeness (QED) is 0.814. The van der Waals surface area contributed by atoms with Crippen LogP contribution in [0.5, 0.6) is 0 Å². The summed E-state index contributed by atoms with van der Waals surface area (Å²) in [7, 11) is 0. The minimum atomic E-state index is -4.57. The lowest BCUT2D eigenvalue weighted by Gasteiger charge is -2.15. The summed E-state index contributed by atoms with van der Waals surface area (Å²) in [5.74, 6) is -1.83. The second-order valence-corrected chi connectivity index (χ2v) is 3.13. The maximum atomic E-state index is 12.6.